The summed E-state index contributed by atoms with van der Waals surface area (Å²) in [6.45, 7) is 5.23. The van der Waals surface area contributed by atoms with Crippen LogP contribution in [0.3, 0.4) is 0 Å². The molecule has 1 fully saturated rings. The van der Waals surface area contributed by atoms with E-state index >= 15 is 0 Å². The lowest BCUT2D eigenvalue weighted by Crippen LogP contribution is -2.51. The molecule has 0 aromatic carbocycles. The lowest BCUT2D eigenvalue weighted by atomic mass is 9.79. The SMILES string of the molecule is COC1(C(C)NCc2scnc2C)CCCCC1. The molecule has 1 atom stereocenters. The molecule has 0 aliphatic heterocycles. The summed E-state index contributed by atoms with van der Waals surface area (Å²) in [4.78, 5) is 5.63. The van der Waals surface area contributed by atoms with Gasteiger partial charge in [-0.3, -0.25) is 0 Å². The first-order valence-electron chi connectivity index (χ1n) is 6.85. The Bertz CT molecular complexity index is 372. The predicted octanol–water partition coefficient (Wildman–Crippen LogP) is 3.28. The third-order valence-electron chi connectivity index (χ3n) is 4.31. The molecular weight excluding hydrogens is 244 g/mol. The molecule has 2 rings (SSSR count). The van der Waals surface area contributed by atoms with Gasteiger partial charge in [0.05, 0.1) is 16.8 Å². The second kappa shape index (κ2) is 6.13. The van der Waals surface area contributed by atoms with Gasteiger partial charge in [0.1, 0.15) is 0 Å². The molecule has 1 unspecified atom stereocenters. The zero-order valence-electron chi connectivity index (χ0n) is 11.7. The lowest BCUT2D eigenvalue weighted by Gasteiger charge is -2.41. The van der Waals surface area contributed by atoms with E-state index in [4.69, 9.17) is 4.74 Å². The number of hydrogen-bond acceptors (Lipinski definition) is 4. The smallest absolute Gasteiger partial charge is 0.0828 e. The van der Waals surface area contributed by atoms with E-state index in [0.29, 0.717) is 6.04 Å². The van der Waals surface area contributed by atoms with Crippen molar-refractivity contribution in [1.82, 2.24) is 10.3 Å². The zero-order valence-corrected chi connectivity index (χ0v) is 12.5. The second-order valence-electron chi connectivity index (χ2n) is 5.29. The van der Waals surface area contributed by atoms with Crippen molar-refractivity contribution in [2.45, 2.75) is 64.1 Å². The van der Waals surface area contributed by atoms with Crippen LogP contribution in [0.4, 0.5) is 0 Å². The molecule has 3 nitrogen and oxygen atoms in total. The Morgan fingerprint density at radius 3 is 2.72 bits per heavy atom. The van der Waals surface area contributed by atoms with Crippen LogP contribution in [0.5, 0.6) is 0 Å². The fraction of sp³-hybridized carbons (Fsp3) is 0.786. The van der Waals surface area contributed by atoms with Crippen molar-refractivity contribution in [1.29, 1.82) is 0 Å². The minimum Gasteiger partial charge on any atom is -0.377 e. The zero-order chi connectivity index (χ0) is 13.0. The van der Waals surface area contributed by atoms with Crippen LogP contribution in [0.25, 0.3) is 0 Å². The maximum atomic E-state index is 5.87. The molecular formula is C14H24N2OS. The lowest BCUT2D eigenvalue weighted by molar-refractivity contribution is -0.0633. The van der Waals surface area contributed by atoms with Gasteiger partial charge >= 0.3 is 0 Å². The number of nitrogens with one attached hydrogen (secondary N) is 1. The van der Waals surface area contributed by atoms with Gasteiger partial charge in [-0.05, 0) is 26.7 Å². The van der Waals surface area contributed by atoms with Crippen LogP contribution in [-0.4, -0.2) is 23.7 Å². The number of thiazole rings is 1. The summed E-state index contributed by atoms with van der Waals surface area (Å²) >= 11 is 1.73. The van der Waals surface area contributed by atoms with Gasteiger partial charge in [-0.1, -0.05) is 19.3 Å². The van der Waals surface area contributed by atoms with Crippen molar-refractivity contribution in [2.24, 2.45) is 0 Å². The van der Waals surface area contributed by atoms with E-state index in [-0.39, 0.29) is 5.60 Å². The van der Waals surface area contributed by atoms with Gasteiger partial charge < -0.3 is 10.1 Å². The fourth-order valence-electron chi connectivity index (χ4n) is 2.89. The van der Waals surface area contributed by atoms with Crippen molar-refractivity contribution in [3.8, 4) is 0 Å². The monoisotopic (exact) mass is 268 g/mol. The van der Waals surface area contributed by atoms with Crippen LogP contribution in [0.15, 0.2) is 5.51 Å². The number of hydrogen-bond donors (Lipinski definition) is 1. The molecule has 1 aromatic rings. The van der Waals surface area contributed by atoms with Crippen molar-refractivity contribution in [3.05, 3.63) is 16.1 Å². The third-order valence-corrected chi connectivity index (χ3v) is 5.24. The van der Waals surface area contributed by atoms with Gasteiger partial charge in [-0.15, -0.1) is 11.3 Å². The van der Waals surface area contributed by atoms with E-state index < -0.39 is 0 Å². The van der Waals surface area contributed by atoms with Gasteiger partial charge in [0.25, 0.3) is 0 Å². The first-order chi connectivity index (χ1) is 8.68. The summed E-state index contributed by atoms with van der Waals surface area (Å²) in [5, 5.41) is 3.63. The van der Waals surface area contributed by atoms with Crippen molar-refractivity contribution >= 4 is 11.3 Å². The Kier molecular flexibility index (Phi) is 4.76. The first kappa shape index (κ1) is 14.0. The van der Waals surface area contributed by atoms with E-state index in [2.05, 4.69) is 24.1 Å². The maximum Gasteiger partial charge on any atom is 0.0828 e. The van der Waals surface area contributed by atoms with Crippen LogP contribution < -0.4 is 5.32 Å². The number of rotatable bonds is 5. The van der Waals surface area contributed by atoms with Gasteiger partial charge in [0, 0.05) is 24.6 Å². The number of aromatic nitrogens is 1. The summed E-state index contributed by atoms with van der Waals surface area (Å²) in [7, 11) is 1.86. The van der Waals surface area contributed by atoms with E-state index in [1.807, 2.05) is 12.6 Å². The van der Waals surface area contributed by atoms with Gasteiger partial charge in [-0.2, -0.15) is 0 Å². The normalized spacial score (nSPS) is 20.8. The number of nitrogens with zero attached hydrogens (tertiary/aromatic N) is 1. The minimum absolute atomic E-state index is 0.0385. The van der Waals surface area contributed by atoms with Crippen LogP contribution in [-0.2, 0) is 11.3 Å². The molecule has 0 amide bonds. The maximum absolute atomic E-state index is 5.87. The predicted molar refractivity (Wildman–Crippen MR) is 76.0 cm³/mol. The minimum atomic E-state index is 0.0385. The highest BCUT2D eigenvalue weighted by Crippen LogP contribution is 2.34. The van der Waals surface area contributed by atoms with Gasteiger partial charge in [-0.25, -0.2) is 4.98 Å². The molecule has 18 heavy (non-hydrogen) atoms. The number of aryl methyl sites for hydroxylation is 1. The molecule has 0 saturated heterocycles. The molecule has 1 saturated carbocycles. The standard InChI is InChI=1S/C14H24N2OS/c1-11-13(18-10-16-11)9-15-12(2)14(17-3)7-5-4-6-8-14/h10,12,15H,4-9H2,1-3H3. The summed E-state index contributed by atoms with van der Waals surface area (Å²) in [5.74, 6) is 0. The van der Waals surface area contributed by atoms with Crippen molar-refractivity contribution in [3.63, 3.8) is 0 Å². The largest absolute Gasteiger partial charge is 0.377 e. The molecule has 1 aliphatic rings. The number of ether oxygens (including phenoxy) is 1. The van der Waals surface area contributed by atoms with Crippen LogP contribution in [0.1, 0.15) is 49.6 Å². The Morgan fingerprint density at radius 1 is 1.44 bits per heavy atom. The highest BCUT2D eigenvalue weighted by atomic mass is 32.1. The average molecular weight is 268 g/mol. The third kappa shape index (κ3) is 2.92. The molecule has 0 bridgehead atoms. The second-order valence-corrected chi connectivity index (χ2v) is 6.23. The molecule has 102 valence electrons. The summed E-state index contributed by atoms with van der Waals surface area (Å²) in [6.07, 6.45) is 6.29. The molecule has 1 aliphatic carbocycles. The highest BCUT2D eigenvalue weighted by Gasteiger charge is 2.37. The van der Waals surface area contributed by atoms with E-state index in [0.717, 1.165) is 12.2 Å². The van der Waals surface area contributed by atoms with Crippen molar-refractivity contribution in [2.75, 3.05) is 7.11 Å². The van der Waals surface area contributed by atoms with Crippen molar-refractivity contribution < 1.29 is 4.74 Å². The van der Waals surface area contributed by atoms with E-state index in [1.165, 1.54) is 37.0 Å². The molecule has 1 aromatic heterocycles. The topological polar surface area (TPSA) is 34.1 Å². The first-order valence-corrected chi connectivity index (χ1v) is 7.73. The Morgan fingerprint density at radius 2 is 2.17 bits per heavy atom. The molecule has 1 N–H and O–H groups in total. The highest BCUT2D eigenvalue weighted by molar-refractivity contribution is 7.09. The van der Waals surface area contributed by atoms with E-state index in [1.54, 1.807) is 11.3 Å². The molecule has 0 spiro atoms. The summed E-state index contributed by atoms with van der Waals surface area (Å²) in [5.41, 5.74) is 3.11. The molecule has 1 heterocycles. The van der Waals surface area contributed by atoms with Gasteiger partial charge in [0.15, 0.2) is 0 Å². The van der Waals surface area contributed by atoms with Crippen LogP contribution >= 0.6 is 11.3 Å². The number of methoxy groups -OCH3 is 1. The fourth-order valence-corrected chi connectivity index (χ4v) is 3.62. The Labute approximate surface area is 114 Å². The Hall–Kier alpha value is -0.450. The van der Waals surface area contributed by atoms with Gasteiger partial charge in [0.2, 0.25) is 0 Å². The Balaban J connectivity index is 1.93. The van der Waals surface area contributed by atoms with Crippen LogP contribution in [0.2, 0.25) is 0 Å². The summed E-state index contributed by atoms with van der Waals surface area (Å²) < 4.78 is 5.87. The molecule has 0 radical (unpaired) electrons. The van der Waals surface area contributed by atoms with E-state index in [9.17, 15) is 0 Å². The van der Waals surface area contributed by atoms with Crippen LogP contribution in [0, 0.1) is 6.92 Å². The molecule has 4 heteroatoms. The quantitative estimate of drug-likeness (QED) is 0.890. The average Bonchev–Trinajstić information content (AvgIpc) is 2.82. The summed E-state index contributed by atoms with van der Waals surface area (Å²) in [6, 6.07) is 0.393.